The van der Waals surface area contributed by atoms with Gasteiger partial charge in [0.05, 0.1) is 0 Å². The lowest BCUT2D eigenvalue weighted by molar-refractivity contribution is -0.162. The average molecular weight is 548 g/mol. The van der Waals surface area contributed by atoms with E-state index in [1.165, 1.54) is 38.1 Å². The highest BCUT2D eigenvalue weighted by Crippen LogP contribution is 2.36. The number of phenolic OH excluding ortho intramolecular Hbond substituents is 1. The largest absolute Gasteiger partial charge is 0.534 e. The monoisotopic (exact) mass is 548 g/mol. The van der Waals surface area contributed by atoms with Gasteiger partial charge in [0, 0.05) is 27.7 Å². The minimum Gasteiger partial charge on any atom is -0.508 e. The van der Waals surface area contributed by atoms with Gasteiger partial charge in [-0.1, -0.05) is 24.3 Å². The Morgan fingerprint density at radius 2 is 1.30 bits per heavy atom. The molecule has 2 atom stereocenters. The summed E-state index contributed by atoms with van der Waals surface area (Å²) in [4.78, 5) is 23.1. The maximum Gasteiger partial charge on any atom is 0.534 e. The van der Waals surface area contributed by atoms with Crippen LogP contribution < -0.4 is 4.18 Å². The summed E-state index contributed by atoms with van der Waals surface area (Å²) in [5, 5.41) is 9.28. The Morgan fingerprint density at radius 1 is 0.838 bits per heavy atom. The van der Waals surface area contributed by atoms with E-state index in [0.717, 1.165) is 12.1 Å². The molecule has 0 aliphatic carbocycles. The van der Waals surface area contributed by atoms with Crippen molar-refractivity contribution >= 4 is 22.1 Å². The number of benzene rings is 2. The SMILES string of the molecule is CC1(C)OC(=O)C(c2cccc(O)c2)O1.CC1(C)OC(=O)C(c2cccc(OS(=O)(=O)C(F)(F)F)c2)O1. The fourth-order valence-electron chi connectivity index (χ4n) is 3.30. The molecule has 4 rings (SSSR count). The molecule has 10 nitrogen and oxygen atoms in total. The zero-order valence-corrected chi connectivity index (χ0v) is 20.8. The number of alkyl halides is 3. The molecule has 2 heterocycles. The van der Waals surface area contributed by atoms with E-state index < -0.39 is 57.1 Å². The molecule has 0 radical (unpaired) electrons. The van der Waals surface area contributed by atoms with Crippen LogP contribution in [0.2, 0.25) is 0 Å². The molecule has 0 bridgehead atoms. The van der Waals surface area contributed by atoms with Gasteiger partial charge in [0.2, 0.25) is 11.6 Å². The van der Waals surface area contributed by atoms with Gasteiger partial charge in [-0.2, -0.15) is 21.6 Å². The normalized spacial score (nSPS) is 22.5. The number of halogens is 3. The number of rotatable bonds is 4. The van der Waals surface area contributed by atoms with Crippen LogP contribution in [-0.4, -0.2) is 42.5 Å². The first-order chi connectivity index (χ1) is 16.9. The van der Waals surface area contributed by atoms with Crippen molar-refractivity contribution < 1.29 is 59.4 Å². The Balaban J connectivity index is 0.000000220. The number of carbonyl (C=O) groups excluding carboxylic acids is 2. The van der Waals surface area contributed by atoms with Crippen molar-refractivity contribution in [3.05, 3.63) is 59.7 Å². The molecule has 0 spiro atoms. The summed E-state index contributed by atoms with van der Waals surface area (Å²) in [5.74, 6) is -3.72. The van der Waals surface area contributed by atoms with Crippen LogP contribution >= 0.6 is 0 Å². The first-order valence-electron chi connectivity index (χ1n) is 10.6. The molecule has 2 aliphatic rings. The molecule has 2 aliphatic heterocycles. The maximum atomic E-state index is 12.3. The van der Waals surface area contributed by atoms with E-state index in [9.17, 15) is 36.3 Å². The second-order valence-electron chi connectivity index (χ2n) is 8.79. The molecule has 2 aromatic rings. The fraction of sp³-hybridized carbons (Fsp3) is 0.391. The summed E-state index contributed by atoms with van der Waals surface area (Å²) in [6.45, 7) is 6.32. The number of cyclic esters (lactones) is 2. The molecular formula is C23H23F3O10S. The third-order valence-corrected chi connectivity index (χ3v) is 5.73. The smallest absolute Gasteiger partial charge is 0.508 e. The Hall–Kier alpha value is -3.36. The highest BCUT2D eigenvalue weighted by molar-refractivity contribution is 7.88. The first-order valence-corrected chi connectivity index (χ1v) is 12.0. The zero-order chi connectivity index (χ0) is 27.8. The predicted octanol–water partition coefficient (Wildman–Crippen LogP) is 4.01. The third kappa shape index (κ3) is 6.90. The minimum absolute atomic E-state index is 0.105. The lowest BCUT2D eigenvalue weighted by Crippen LogP contribution is -2.28. The third-order valence-electron chi connectivity index (χ3n) is 4.75. The van der Waals surface area contributed by atoms with Crippen LogP contribution in [0, 0.1) is 0 Å². The second kappa shape index (κ2) is 9.84. The van der Waals surface area contributed by atoms with E-state index in [2.05, 4.69) is 4.18 Å². The van der Waals surface area contributed by atoms with E-state index in [1.54, 1.807) is 26.0 Å². The van der Waals surface area contributed by atoms with E-state index in [1.807, 2.05) is 0 Å². The maximum absolute atomic E-state index is 12.3. The van der Waals surface area contributed by atoms with Gasteiger partial charge in [0.25, 0.3) is 0 Å². The molecule has 2 fully saturated rings. The molecule has 202 valence electrons. The van der Waals surface area contributed by atoms with Crippen molar-refractivity contribution in [2.75, 3.05) is 0 Å². The lowest BCUT2D eigenvalue weighted by Gasteiger charge is -2.15. The number of ether oxygens (including phenoxy) is 4. The summed E-state index contributed by atoms with van der Waals surface area (Å²) < 4.78 is 83.4. The molecule has 0 aromatic heterocycles. The lowest BCUT2D eigenvalue weighted by atomic mass is 10.1. The standard InChI is InChI=1S/C12H11F3O6S.C11H12O4/c1-11(2)19-9(10(16)20-11)7-4-3-5-8(6-7)21-22(17,18)12(13,14)15;1-11(2)14-9(10(13)15-11)7-4-3-5-8(12)6-7/h3-6,9H,1-2H3;3-6,9,12H,1-2H3. The molecule has 2 aromatic carbocycles. The van der Waals surface area contributed by atoms with Gasteiger partial charge in [-0.05, 0) is 35.4 Å². The highest BCUT2D eigenvalue weighted by atomic mass is 32.2. The highest BCUT2D eigenvalue weighted by Gasteiger charge is 2.49. The number of carbonyl (C=O) groups is 2. The van der Waals surface area contributed by atoms with Gasteiger partial charge in [-0.25, -0.2) is 9.59 Å². The number of hydrogen-bond donors (Lipinski definition) is 1. The summed E-state index contributed by atoms with van der Waals surface area (Å²) in [6, 6.07) is 11.0. The van der Waals surface area contributed by atoms with Crippen LogP contribution in [0.25, 0.3) is 0 Å². The molecule has 2 unspecified atom stereocenters. The predicted molar refractivity (Wildman–Crippen MR) is 118 cm³/mol. The van der Waals surface area contributed by atoms with Crippen LogP contribution in [0.4, 0.5) is 13.2 Å². The van der Waals surface area contributed by atoms with Crippen molar-refractivity contribution in [2.24, 2.45) is 0 Å². The van der Waals surface area contributed by atoms with Gasteiger partial charge >= 0.3 is 27.6 Å². The summed E-state index contributed by atoms with van der Waals surface area (Å²) in [5.41, 5.74) is -4.83. The van der Waals surface area contributed by atoms with Crippen LogP contribution in [0.3, 0.4) is 0 Å². The van der Waals surface area contributed by atoms with Crippen LogP contribution in [0.5, 0.6) is 11.5 Å². The van der Waals surface area contributed by atoms with Crippen molar-refractivity contribution in [1.82, 2.24) is 0 Å². The van der Waals surface area contributed by atoms with E-state index in [0.29, 0.717) is 5.56 Å². The van der Waals surface area contributed by atoms with E-state index in [4.69, 9.17) is 18.9 Å². The van der Waals surface area contributed by atoms with Gasteiger partial charge in [0.15, 0.2) is 12.2 Å². The molecule has 14 heteroatoms. The van der Waals surface area contributed by atoms with Crippen molar-refractivity contribution in [1.29, 1.82) is 0 Å². The van der Waals surface area contributed by atoms with Crippen LogP contribution in [0.15, 0.2) is 48.5 Å². The molecule has 0 saturated carbocycles. The van der Waals surface area contributed by atoms with Crippen molar-refractivity contribution in [2.45, 2.75) is 57.0 Å². The van der Waals surface area contributed by atoms with Crippen molar-refractivity contribution in [3.8, 4) is 11.5 Å². The van der Waals surface area contributed by atoms with Gasteiger partial charge in [0.1, 0.15) is 11.5 Å². The summed E-state index contributed by atoms with van der Waals surface area (Å²) in [7, 11) is -5.78. The number of phenols is 1. The van der Waals surface area contributed by atoms with Gasteiger partial charge < -0.3 is 28.2 Å². The quantitative estimate of drug-likeness (QED) is 0.339. The Kier molecular flexibility index (Phi) is 7.50. The first kappa shape index (κ1) is 28.2. The minimum atomic E-state index is -5.78. The zero-order valence-electron chi connectivity index (χ0n) is 19.9. The van der Waals surface area contributed by atoms with E-state index >= 15 is 0 Å². The van der Waals surface area contributed by atoms with Crippen molar-refractivity contribution in [3.63, 3.8) is 0 Å². The Labute approximate surface area is 210 Å². The average Bonchev–Trinajstić information content (AvgIpc) is 3.19. The molecule has 37 heavy (non-hydrogen) atoms. The topological polar surface area (TPSA) is 135 Å². The second-order valence-corrected chi connectivity index (χ2v) is 10.3. The molecule has 1 N–H and O–H groups in total. The molecule has 2 saturated heterocycles. The van der Waals surface area contributed by atoms with Crippen LogP contribution in [-0.2, 0) is 38.7 Å². The van der Waals surface area contributed by atoms with Crippen LogP contribution in [0.1, 0.15) is 51.0 Å². The fourth-order valence-corrected chi connectivity index (χ4v) is 3.75. The Morgan fingerprint density at radius 3 is 1.70 bits per heavy atom. The summed E-state index contributed by atoms with van der Waals surface area (Å²) in [6.07, 6.45) is -1.92. The Bertz CT molecular complexity index is 1290. The van der Waals surface area contributed by atoms with Gasteiger partial charge in [-0.3, -0.25) is 0 Å². The van der Waals surface area contributed by atoms with E-state index in [-0.39, 0.29) is 11.3 Å². The van der Waals surface area contributed by atoms with Gasteiger partial charge in [-0.15, -0.1) is 0 Å². The number of hydrogen-bond acceptors (Lipinski definition) is 10. The molecule has 0 amide bonds. The number of aromatic hydroxyl groups is 1. The number of esters is 2. The molecular weight excluding hydrogens is 525 g/mol. The summed E-state index contributed by atoms with van der Waals surface area (Å²) >= 11 is 0.